The number of nitrogens with zero attached hydrogens (tertiary/aromatic N) is 2. The summed E-state index contributed by atoms with van der Waals surface area (Å²) in [6.07, 6.45) is 3.66. The van der Waals surface area contributed by atoms with Crippen LogP contribution in [0.25, 0.3) is 60.2 Å². The third-order valence-electron chi connectivity index (χ3n) is 6.02. The molecule has 2 aromatic heterocycles. The normalized spacial score (nSPS) is 11.0. The van der Waals surface area contributed by atoms with E-state index in [0.717, 1.165) is 55.3 Å². The lowest BCUT2D eigenvalue weighted by atomic mass is 9.98. The van der Waals surface area contributed by atoms with E-state index in [9.17, 15) is 0 Å². The van der Waals surface area contributed by atoms with Gasteiger partial charge in [0.25, 0.3) is 0 Å². The van der Waals surface area contributed by atoms with Crippen LogP contribution in [0, 0.1) is 6.57 Å². The Labute approximate surface area is 191 Å². The molecule has 0 aliphatic rings. The van der Waals surface area contributed by atoms with Gasteiger partial charge < -0.3 is 4.42 Å². The highest BCUT2D eigenvalue weighted by Crippen LogP contribution is 2.40. The molecule has 0 aliphatic heterocycles. The predicted molar refractivity (Wildman–Crippen MR) is 134 cm³/mol. The summed E-state index contributed by atoms with van der Waals surface area (Å²) in [7, 11) is 0. The molecule has 0 saturated heterocycles. The van der Waals surface area contributed by atoms with Crippen LogP contribution in [-0.2, 0) is 0 Å². The average Bonchev–Trinajstić information content (AvgIpc) is 3.28. The third kappa shape index (κ3) is 3.26. The minimum absolute atomic E-state index is 0.632. The van der Waals surface area contributed by atoms with Gasteiger partial charge in [-0.1, -0.05) is 91.0 Å². The summed E-state index contributed by atoms with van der Waals surface area (Å²) < 4.78 is 6.52. The molecule has 0 unspecified atom stereocenters. The fourth-order valence-electron chi connectivity index (χ4n) is 4.37. The first-order chi connectivity index (χ1) is 16.3. The molecule has 0 fully saturated rings. The Bertz CT molecular complexity index is 1640. The van der Waals surface area contributed by atoms with E-state index in [-0.39, 0.29) is 0 Å². The number of para-hydroxylation sites is 2. The number of hydrogen-bond donors (Lipinski definition) is 0. The molecular weight excluding hydrogens is 404 g/mol. The number of aromatic nitrogens is 1. The minimum atomic E-state index is 0.632. The van der Waals surface area contributed by atoms with Crippen LogP contribution < -0.4 is 0 Å². The quantitative estimate of drug-likeness (QED) is 0.268. The van der Waals surface area contributed by atoms with Crippen LogP contribution in [0.3, 0.4) is 0 Å². The first kappa shape index (κ1) is 19.0. The fourth-order valence-corrected chi connectivity index (χ4v) is 4.37. The Morgan fingerprint density at radius 2 is 1.15 bits per heavy atom. The summed E-state index contributed by atoms with van der Waals surface area (Å²) in [5, 5.41) is 2.18. The molecule has 6 rings (SSSR count). The first-order valence-corrected chi connectivity index (χ1v) is 10.7. The number of furan rings is 1. The number of rotatable bonds is 3. The van der Waals surface area contributed by atoms with Gasteiger partial charge in [-0.05, 0) is 28.3 Å². The van der Waals surface area contributed by atoms with Gasteiger partial charge >= 0.3 is 0 Å². The second-order valence-electron chi connectivity index (χ2n) is 7.94. The van der Waals surface area contributed by atoms with Gasteiger partial charge in [-0.2, -0.15) is 0 Å². The minimum Gasteiger partial charge on any atom is -0.455 e. The van der Waals surface area contributed by atoms with E-state index in [4.69, 9.17) is 11.0 Å². The predicted octanol–water partition coefficient (Wildman–Crippen LogP) is 8.53. The monoisotopic (exact) mass is 422 g/mol. The summed E-state index contributed by atoms with van der Waals surface area (Å²) in [5.41, 5.74) is 8.84. The molecule has 0 amide bonds. The molecule has 0 bridgehead atoms. The molecule has 0 saturated carbocycles. The van der Waals surface area contributed by atoms with Crippen molar-refractivity contribution in [2.45, 2.75) is 0 Å². The maximum atomic E-state index is 7.19. The van der Waals surface area contributed by atoms with Crippen molar-refractivity contribution in [3.05, 3.63) is 121 Å². The first-order valence-electron chi connectivity index (χ1n) is 10.7. The number of pyridine rings is 1. The van der Waals surface area contributed by atoms with Crippen molar-refractivity contribution in [2.75, 3.05) is 0 Å². The molecule has 6 aromatic rings. The molecule has 154 valence electrons. The Hall–Kier alpha value is -4.68. The largest absolute Gasteiger partial charge is 0.455 e. The zero-order valence-corrected chi connectivity index (χ0v) is 17.7. The molecule has 3 nitrogen and oxygen atoms in total. The van der Waals surface area contributed by atoms with Crippen LogP contribution >= 0.6 is 0 Å². The van der Waals surface area contributed by atoms with Gasteiger partial charge in [0.1, 0.15) is 11.2 Å². The maximum absolute atomic E-state index is 7.19. The van der Waals surface area contributed by atoms with Gasteiger partial charge in [0, 0.05) is 34.3 Å². The molecule has 4 aromatic carbocycles. The summed E-state index contributed by atoms with van der Waals surface area (Å²) in [4.78, 5) is 7.72. The van der Waals surface area contributed by atoms with Gasteiger partial charge in [-0.25, -0.2) is 4.85 Å². The average molecular weight is 422 g/mol. The van der Waals surface area contributed by atoms with Crippen molar-refractivity contribution in [2.24, 2.45) is 0 Å². The van der Waals surface area contributed by atoms with Crippen molar-refractivity contribution in [1.82, 2.24) is 4.98 Å². The summed E-state index contributed by atoms with van der Waals surface area (Å²) in [5.74, 6) is 0. The highest BCUT2D eigenvalue weighted by molar-refractivity contribution is 6.13. The second kappa shape index (κ2) is 7.78. The number of benzene rings is 4. The Kier molecular flexibility index (Phi) is 4.49. The lowest BCUT2D eigenvalue weighted by Crippen LogP contribution is -1.82. The van der Waals surface area contributed by atoms with Crippen LogP contribution in [0.5, 0.6) is 0 Å². The number of hydrogen-bond acceptors (Lipinski definition) is 2. The standard InChI is InChI=1S/C30H18N2O/c1-31-24-16-14-22(15-17-24)26-7-3-9-28-27-8-2-6-25(29(27)33-30(26)28)21-12-10-20(11-13-21)23-5-4-18-32-19-23/h2-19H. The van der Waals surface area contributed by atoms with Crippen LogP contribution in [0.2, 0.25) is 0 Å². The van der Waals surface area contributed by atoms with E-state index in [1.54, 1.807) is 6.20 Å². The van der Waals surface area contributed by atoms with Crippen molar-refractivity contribution in [1.29, 1.82) is 0 Å². The van der Waals surface area contributed by atoms with Crippen molar-refractivity contribution in [3.63, 3.8) is 0 Å². The van der Waals surface area contributed by atoms with Gasteiger partial charge in [0.05, 0.1) is 6.57 Å². The summed E-state index contributed by atoms with van der Waals surface area (Å²) in [6.45, 7) is 7.19. The Balaban J connectivity index is 1.49. The zero-order valence-electron chi connectivity index (χ0n) is 17.7. The van der Waals surface area contributed by atoms with Crippen LogP contribution in [-0.4, -0.2) is 4.98 Å². The fraction of sp³-hybridized carbons (Fsp3) is 0. The zero-order chi connectivity index (χ0) is 22.2. The lowest BCUT2D eigenvalue weighted by molar-refractivity contribution is 0.671. The van der Waals surface area contributed by atoms with E-state index in [1.165, 1.54) is 0 Å². The van der Waals surface area contributed by atoms with Gasteiger partial charge in [0.2, 0.25) is 0 Å². The Morgan fingerprint density at radius 3 is 1.70 bits per heavy atom. The molecule has 0 spiro atoms. The van der Waals surface area contributed by atoms with Gasteiger partial charge in [-0.15, -0.1) is 0 Å². The maximum Gasteiger partial charge on any atom is 0.187 e. The van der Waals surface area contributed by atoms with Crippen LogP contribution in [0.4, 0.5) is 5.69 Å². The van der Waals surface area contributed by atoms with Crippen molar-refractivity contribution < 1.29 is 4.42 Å². The molecule has 33 heavy (non-hydrogen) atoms. The summed E-state index contributed by atoms with van der Waals surface area (Å²) >= 11 is 0. The number of fused-ring (bicyclic) bond motifs is 3. The van der Waals surface area contributed by atoms with Crippen LogP contribution in [0.15, 0.2) is 114 Å². The van der Waals surface area contributed by atoms with Crippen molar-refractivity contribution in [3.8, 4) is 33.4 Å². The molecule has 0 atom stereocenters. The molecule has 2 heterocycles. The summed E-state index contributed by atoms with van der Waals surface area (Å²) in [6, 6.07) is 32.7. The van der Waals surface area contributed by atoms with Gasteiger partial charge in [0.15, 0.2) is 5.69 Å². The third-order valence-corrected chi connectivity index (χ3v) is 6.02. The lowest BCUT2D eigenvalue weighted by Gasteiger charge is -2.05. The van der Waals surface area contributed by atoms with Crippen molar-refractivity contribution >= 4 is 27.6 Å². The van der Waals surface area contributed by atoms with Crippen LogP contribution in [0.1, 0.15) is 0 Å². The highest BCUT2D eigenvalue weighted by Gasteiger charge is 2.15. The van der Waals surface area contributed by atoms with E-state index in [2.05, 4.69) is 76.6 Å². The van der Waals surface area contributed by atoms with Gasteiger partial charge in [-0.3, -0.25) is 4.98 Å². The SMILES string of the molecule is [C-]#[N+]c1ccc(-c2cccc3c2oc2c(-c4ccc(-c5cccnc5)cc4)cccc23)cc1. The topological polar surface area (TPSA) is 30.4 Å². The molecule has 0 aliphatic carbocycles. The van der Waals surface area contributed by atoms with E-state index in [1.807, 2.05) is 36.5 Å². The molecular formula is C30H18N2O. The second-order valence-corrected chi connectivity index (χ2v) is 7.94. The highest BCUT2D eigenvalue weighted by atomic mass is 16.3. The van der Waals surface area contributed by atoms with E-state index in [0.29, 0.717) is 5.69 Å². The molecule has 0 N–H and O–H groups in total. The smallest absolute Gasteiger partial charge is 0.187 e. The molecule has 0 radical (unpaired) electrons. The van der Waals surface area contributed by atoms with E-state index >= 15 is 0 Å². The molecule has 3 heteroatoms. The Morgan fingerprint density at radius 1 is 0.576 bits per heavy atom. The van der Waals surface area contributed by atoms with E-state index < -0.39 is 0 Å².